The van der Waals surface area contributed by atoms with Crippen molar-refractivity contribution in [1.29, 1.82) is 0 Å². The van der Waals surface area contributed by atoms with Crippen LogP contribution in [0.3, 0.4) is 0 Å². The van der Waals surface area contributed by atoms with Gasteiger partial charge in [-0.25, -0.2) is 4.90 Å². The standard InChI is InChI=1S/C11H22N2O5/c1-12(10(7-14,8-15)9-16)11(13(17)18)5-3-2-4-6-11/h14-16H,2-9H2,1H3. The molecule has 106 valence electrons. The Morgan fingerprint density at radius 2 is 1.61 bits per heavy atom. The second-order valence-corrected chi connectivity index (χ2v) is 5.06. The molecule has 1 saturated carbocycles. The summed E-state index contributed by atoms with van der Waals surface area (Å²) in [6, 6.07) is 0. The molecule has 0 spiro atoms. The van der Waals surface area contributed by atoms with Gasteiger partial charge in [0.1, 0.15) is 0 Å². The molecular weight excluding hydrogens is 240 g/mol. The lowest BCUT2D eigenvalue weighted by molar-refractivity contribution is -0.611. The van der Waals surface area contributed by atoms with Gasteiger partial charge in [-0.15, -0.1) is 0 Å². The summed E-state index contributed by atoms with van der Waals surface area (Å²) in [5.41, 5.74) is -2.66. The van der Waals surface area contributed by atoms with Gasteiger partial charge >= 0.3 is 0 Å². The van der Waals surface area contributed by atoms with Crippen molar-refractivity contribution in [2.24, 2.45) is 0 Å². The van der Waals surface area contributed by atoms with Crippen LogP contribution in [0.5, 0.6) is 0 Å². The van der Waals surface area contributed by atoms with Gasteiger partial charge in [-0.1, -0.05) is 6.42 Å². The summed E-state index contributed by atoms with van der Waals surface area (Å²) in [6.07, 6.45) is 3.18. The third-order valence-electron chi connectivity index (χ3n) is 4.21. The predicted molar refractivity (Wildman–Crippen MR) is 64.6 cm³/mol. The quantitative estimate of drug-likeness (QED) is 0.341. The molecular formula is C11H22N2O5. The minimum absolute atomic E-state index is 0.345. The van der Waals surface area contributed by atoms with Crippen LogP contribution in [0.1, 0.15) is 32.1 Å². The van der Waals surface area contributed by atoms with E-state index in [1.807, 2.05) is 0 Å². The number of rotatable bonds is 6. The maximum Gasteiger partial charge on any atom is 0.277 e. The highest BCUT2D eigenvalue weighted by Crippen LogP contribution is 2.37. The topological polar surface area (TPSA) is 107 Å². The molecule has 0 unspecified atom stereocenters. The van der Waals surface area contributed by atoms with E-state index in [0.29, 0.717) is 12.8 Å². The maximum absolute atomic E-state index is 11.4. The summed E-state index contributed by atoms with van der Waals surface area (Å²) in [4.78, 5) is 12.4. The van der Waals surface area contributed by atoms with Gasteiger partial charge in [0.05, 0.1) is 25.4 Å². The minimum Gasteiger partial charge on any atom is -0.394 e. The number of nitro groups is 1. The molecule has 1 aliphatic rings. The van der Waals surface area contributed by atoms with E-state index >= 15 is 0 Å². The first-order chi connectivity index (χ1) is 8.49. The van der Waals surface area contributed by atoms with Gasteiger partial charge in [0.25, 0.3) is 5.66 Å². The lowest BCUT2D eigenvalue weighted by Gasteiger charge is -2.46. The molecule has 0 bridgehead atoms. The summed E-state index contributed by atoms with van der Waals surface area (Å²) < 4.78 is 0. The fourth-order valence-electron chi connectivity index (χ4n) is 2.67. The Balaban J connectivity index is 3.08. The Morgan fingerprint density at radius 3 is 1.94 bits per heavy atom. The van der Waals surface area contributed by atoms with E-state index < -0.39 is 31.0 Å². The molecule has 1 rings (SSSR count). The molecule has 1 aliphatic carbocycles. The number of aliphatic hydroxyl groups excluding tert-OH is 3. The molecule has 7 heteroatoms. The molecule has 0 amide bonds. The van der Waals surface area contributed by atoms with Crippen LogP contribution in [0.2, 0.25) is 0 Å². The Morgan fingerprint density at radius 1 is 1.17 bits per heavy atom. The molecule has 0 saturated heterocycles. The van der Waals surface area contributed by atoms with E-state index in [9.17, 15) is 25.4 Å². The van der Waals surface area contributed by atoms with Gasteiger partial charge < -0.3 is 15.3 Å². The smallest absolute Gasteiger partial charge is 0.277 e. The van der Waals surface area contributed by atoms with Crippen molar-refractivity contribution in [3.8, 4) is 0 Å². The van der Waals surface area contributed by atoms with Crippen molar-refractivity contribution < 1.29 is 20.2 Å². The molecule has 0 atom stereocenters. The molecule has 1 fully saturated rings. The van der Waals surface area contributed by atoms with Crippen LogP contribution >= 0.6 is 0 Å². The normalized spacial score (nSPS) is 20.1. The van der Waals surface area contributed by atoms with Gasteiger partial charge in [0, 0.05) is 17.8 Å². The Bertz CT molecular complexity index is 279. The molecule has 0 radical (unpaired) electrons. The molecule has 7 nitrogen and oxygen atoms in total. The number of aliphatic hydroxyl groups is 3. The molecule has 0 aromatic rings. The first kappa shape index (κ1) is 15.3. The summed E-state index contributed by atoms with van der Waals surface area (Å²) in [7, 11) is 1.50. The lowest BCUT2D eigenvalue weighted by atomic mass is 9.84. The van der Waals surface area contributed by atoms with Crippen molar-refractivity contribution in [3.05, 3.63) is 10.1 Å². The van der Waals surface area contributed by atoms with Crippen LogP contribution in [0, 0.1) is 10.1 Å². The number of hydrogen-bond acceptors (Lipinski definition) is 6. The first-order valence-electron chi connectivity index (χ1n) is 6.20. The zero-order valence-electron chi connectivity index (χ0n) is 10.7. The van der Waals surface area contributed by atoms with Crippen LogP contribution in [0.25, 0.3) is 0 Å². The van der Waals surface area contributed by atoms with Crippen molar-refractivity contribution >= 4 is 0 Å². The molecule has 18 heavy (non-hydrogen) atoms. The highest BCUT2D eigenvalue weighted by molar-refractivity contribution is 4.95. The first-order valence-corrected chi connectivity index (χ1v) is 6.20. The molecule has 3 N–H and O–H groups in total. The summed E-state index contributed by atoms with van der Waals surface area (Å²) in [5.74, 6) is 0. The largest absolute Gasteiger partial charge is 0.394 e. The highest BCUT2D eigenvalue weighted by atomic mass is 16.6. The second kappa shape index (κ2) is 5.92. The van der Waals surface area contributed by atoms with Gasteiger partial charge in [0.2, 0.25) is 0 Å². The van der Waals surface area contributed by atoms with Gasteiger partial charge in [-0.05, 0) is 19.9 Å². The second-order valence-electron chi connectivity index (χ2n) is 5.06. The third-order valence-corrected chi connectivity index (χ3v) is 4.21. The fraction of sp³-hybridized carbons (Fsp3) is 1.00. The van der Waals surface area contributed by atoms with E-state index in [4.69, 9.17) is 0 Å². The van der Waals surface area contributed by atoms with Crippen molar-refractivity contribution in [3.63, 3.8) is 0 Å². The third kappa shape index (κ3) is 2.35. The van der Waals surface area contributed by atoms with Crippen LogP contribution < -0.4 is 0 Å². The molecule has 0 heterocycles. The van der Waals surface area contributed by atoms with Gasteiger partial charge in [0.15, 0.2) is 0 Å². The Kier molecular flexibility index (Phi) is 5.03. The van der Waals surface area contributed by atoms with Crippen molar-refractivity contribution in [2.45, 2.75) is 43.3 Å². The SMILES string of the molecule is CN(C(CO)(CO)CO)C1([N+](=O)[O-])CCCCC1. The van der Waals surface area contributed by atoms with Crippen LogP contribution in [-0.2, 0) is 0 Å². The van der Waals surface area contributed by atoms with E-state index in [2.05, 4.69) is 0 Å². The average Bonchev–Trinajstić information content (AvgIpc) is 2.41. The van der Waals surface area contributed by atoms with E-state index in [0.717, 1.165) is 19.3 Å². The number of likely N-dealkylation sites (N-methyl/N-ethyl adjacent to an activating group) is 1. The Labute approximate surface area is 106 Å². The van der Waals surface area contributed by atoms with E-state index in [1.165, 1.54) is 11.9 Å². The molecule has 0 aliphatic heterocycles. The van der Waals surface area contributed by atoms with Crippen LogP contribution in [0.4, 0.5) is 0 Å². The van der Waals surface area contributed by atoms with E-state index in [-0.39, 0.29) is 4.92 Å². The summed E-state index contributed by atoms with van der Waals surface area (Å²) >= 11 is 0. The summed E-state index contributed by atoms with van der Waals surface area (Å²) in [5, 5.41) is 39.6. The predicted octanol–water partition coefficient (Wildman–Crippen LogP) is -0.429. The number of hydrogen-bond donors (Lipinski definition) is 3. The van der Waals surface area contributed by atoms with Crippen LogP contribution in [-0.4, -0.2) is 63.2 Å². The zero-order valence-corrected chi connectivity index (χ0v) is 10.7. The fourth-order valence-corrected chi connectivity index (χ4v) is 2.67. The molecule has 0 aromatic carbocycles. The monoisotopic (exact) mass is 262 g/mol. The number of nitrogens with zero attached hydrogens (tertiary/aromatic N) is 2. The maximum atomic E-state index is 11.4. The van der Waals surface area contributed by atoms with E-state index in [1.54, 1.807) is 0 Å². The summed E-state index contributed by atoms with van der Waals surface area (Å²) in [6.45, 7) is -1.57. The van der Waals surface area contributed by atoms with Gasteiger partial charge in [-0.2, -0.15) is 0 Å². The van der Waals surface area contributed by atoms with Gasteiger partial charge in [-0.3, -0.25) is 10.1 Å². The highest BCUT2D eigenvalue weighted by Gasteiger charge is 2.54. The van der Waals surface area contributed by atoms with Crippen LogP contribution in [0.15, 0.2) is 0 Å². The minimum atomic E-state index is -1.36. The van der Waals surface area contributed by atoms with Crippen molar-refractivity contribution in [2.75, 3.05) is 26.9 Å². The van der Waals surface area contributed by atoms with Crippen molar-refractivity contribution in [1.82, 2.24) is 4.90 Å². The Hall–Kier alpha value is -0.760. The molecule has 0 aromatic heterocycles. The zero-order chi connectivity index (χ0) is 13.8. The average molecular weight is 262 g/mol. The lowest BCUT2D eigenvalue weighted by Crippen LogP contribution is -2.67.